The van der Waals surface area contributed by atoms with E-state index >= 15 is 0 Å². The van der Waals surface area contributed by atoms with E-state index in [1.54, 1.807) is 0 Å². The van der Waals surface area contributed by atoms with Crippen LogP contribution in [-0.2, 0) is 23.1 Å². The Morgan fingerprint density at radius 2 is 0.788 bits per heavy atom. The van der Waals surface area contributed by atoms with Gasteiger partial charge in [0.2, 0.25) is 0 Å². The molecule has 2 nitrogen and oxygen atoms in total. The van der Waals surface area contributed by atoms with Crippen molar-refractivity contribution >= 4 is 0 Å². The van der Waals surface area contributed by atoms with Crippen molar-refractivity contribution in [3.8, 4) is 0 Å². The van der Waals surface area contributed by atoms with Crippen LogP contribution in [0.15, 0.2) is 0 Å². The van der Waals surface area contributed by atoms with Gasteiger partial charge in [-0.2, -0.15) is 0 Å². The van der Waals surface area contributed by atoms with Gasteiger partial charge in [0.15, 0.2) is 0 Å². The first-order valence-corrected chi connectivity index (χ1v) is 15.8. The molecule has 0 aliphatic carbocycles. The van der Waals surface area contributed by atoms with Crippen LogP contribution in [0.4, 0.5) is 0 Å². The van der Waals surface area contributed by atoms with Crippen molar-refractivity contribution in [3.05, 3.63) is 0 Å². The summed E-state index contributed by atoms with van der Waals surface area (Å²) >= 11 is -0.456. The molecule has 0 aromatic rings. The molecule has 5 heteroatoms. The molecule has 0 heterocycles. The number of hydrogen-bond acceptors (Lipinski definition) is 2. The van der Waals surface area contributed by atoms with E-state index in [4.69, 9.17) is 3.32 Å². The molecular weight excluding hydrogens is 485 g/mol. The maximum Gasteiger partial charge on any atom is -1.00 e. The number of unbranched alkanes of at least 4 members (excludes halogenated alkanes) is 16. The predicted octanol–water partition coefficient (Wildman–Crippen LogP) is 3.91. The minimum absolute atomic E-state index is 0. The molecule has 0 bridgehead atoms. The van der Waals surface area contributed by atoms with Gasteiger partial charge in [-0.1, -0.05) is 0 Å². The van der Waals surface area contributed by atoms with Crippen molar-refractivity contribution in [2.75, 3.05) is 6.61 Å². The summed E-state index contributed by atoms with van der Waals surface area (Å²) in [6.45, 7) is 9.96. The zero-order valence-electron chi connectivity index (χ0n) is 22.9. The zero-order valence-corrected chi connectivity index (χ0v) is 26.0. The maximum atomic E-state index is 5.89. The summed E-state index contributed by atoms with van der Waals surface area (Å²) < 4.78 is 9.95. The van der Waals surface area contributed by atoms with Crippen LogP contribution in [0.3, 0.4) is 0 Å². The number of hydrogen-bond donors (Lipinski definition) is 1. The average Bonchev–Trinajstić information content (AvgIpc) is 2.78. The monoisotopic (exact) mass is 543 g/mol. The Morgan fingerprint density at radius 1 is 0.485 bits per heavy atom. The van der Waals surface area contributed by atoms with Gasteiger partial charge in [-0.05, 0) is 0 Å². The smallest absolute Gasteiger partial charge is 1.00 e. The van der Waals surface area contributed by atoms with Crippen LogP contribution in [0.25, 0.3) is 0 Å². The molecule has 0 aliphatic heterocycles. The summed E-state index contributed by atoms with van der Waals surface area (Å²) in [5.74, 6) is 0. The second-order valence-electron chi connectivity index (χ2n) is 9.85. The molecule has 200 valence electrons. The second kappa shape index (κ2) is 31.2. The summed E-state index contributed by atoms with van der Waals surface area (Å²) in [5.41, 5.74) is 0.369. The van der Waals surface area contributed by atoms with Crippen molar-refractivity contribution in [2.45, 2.75) is 174 Å². The molecule has 0 spiro atoms. The van der Waals surface area contributed by atoms with Gasteiger partial charge in [-0.25, -0.2) is 0 Å². The van der Waals surface area contributed by atoms with Crippen LogP contribution in [0, 0.1) is 0 Å². The van der Waals surface area contributed by atoms with Gasteiger partial charge in [0.05, 0.1) is 0 Å². The molecule has 0 aromatic heterocycles. The minimum atomic E-state index is -0.456. The van der Waals surface area contributed by atoms with Crippen molar-refractivity contribution in [3.63, 3.8) is 0 Å². The first-order chi connectivity index (χ1) is 15.2. The quantitative estimate of drug-likeness (QED) is 0.132. The fourth-order valence-corrected chi connectivity index (χ4v) is 5.95. The van der Waals surface area contributed by atoms with E-state index in [0.29, 0.717) is 5.54 Å². The van der Waals surface area contributed by atoms with Crippen molar-refractivity contribution < 1.29 is 47.9 Å². The average molecular weight is 545 g/mol. The number of halogens is 2. The van der Waals surface area contributed by atoms with E-state index in [-0.39, 0.29) is 24.8 Å². The van der Waals surface area contributed by atoms with Crippen LogP contribution >= 0.6 is 0 Å². The molecule has 0 aromatic carbocycles. The van der Waals surface area contributed by atoms with E-state index in [1.165, 1.54) is 141 Å². The molecule has 0 fully saturated rings. The van der Waals surface area contributed by atoms with Crippen LogP contribution < -0.4 is 28.6 Å². The molecule has 0 aliphatic rings. The van der Waals surface area contributed by atoms with Gasteiger partial charge in [-0.15, -0.1) is 0 Å². The van der Waals surface area contributed by atoms with Crippen molar-refractivity contribution in [2.24, 2.45) is 0 Å². The summed E-state index contributed by atoms with van der Waals surface area (Å²) in [7, 11) is 0. The van der Waals surface area contributed by atoms with E-state index < -0.39 is 19.8 Å². The molecule has 0 rings (SSSR count). The Kier molecular flexibility index (Phi) is 36.7. The van der Waals surface area contributed by atoms with E-state index in [1.807, 2.05) is 0 Å². The molecule has 0 saturated carbocycles. The maximum absolute atomic E-state index is 5.89. The topological polar surface area (TPSA) is 21.3 Å². The van der Waals surface area contributed by atoms with Crippen LogP contribution in [0.1, 0.15) is 169 Å². The predicted molar refractivity (Wildman–Crippen MR) is 136 cm³/mol. The van der Waals surface area contributed by atoms with Gasteiger partial charge in [-0.3, -0.25) is 0 Å². The van der Waals surface area contributed by atoms with E-state index in [0.717, 1.165) is 6.61 Å². The molecule has 0 saturated heterocycles. The summed E-state index contributed by atoms with van der Waals surface area (Å²) in [4.78, 5) is 0. The largest absolute Gasteiger partial charge is 1.00 e. The summed E-state index contributed by atoms with van der Waals surface area (Å²) in [5, 5.41) is 0. The number of nitrogens with one attached hydrogen (secondary N) is 1. The normalized spacial score (nSPS) is 11.0. The first kappa shape index (κ1) is 38.7. The third kappa shape index (κ3) is 26.1. The second-order valence-corrected chi connectivity index (χ2v) is 11.0. The Bertz CT molecular complexity index is 332. The van der Waals surface area contributed by atoms with Crippen molar-refractivity contribution in [1.29, 1.82) is 0 Å². The molecule has 0 amide bonds. The molecule has 0 radical (unpaired) electrons. The van der Waals surface area contributed by atoms with Crippen LogP contribution in [0.2, 0.25) is 0 Å². The van der Waals surface area contributed by atoms with Gasteiger partial charge in [0.25, 0.3) is 0 Å². The summed E-state index contributed by atoms with van der Waals surface area (Å²) in [6.07, 6.45) is 30.9. The zero-order chi connectivity index (χ0) is 22.9. The van der Waals surface area contributed by atoms with Crippen LogP contribution in [0.5, 0.6) is 0 Å². The van der Waals surface area contributed by atoms with Gasteiger partial charge in [0.1, 0.15) is 0 Å². The summed E-state index contributed by atoms with van der Waals surface area (Å²) in [6, 6.07) is 0. The molecular formula is C28H59Cl2NOTi. The Labute approximate surface area is 231 Å². The third-order valence-electron chi connectivity index (χ3n) is 6.81. The molecule has 0 atom stereocenters. The molecule has 0 unspecified atom stereocenters. The fraction of sp³-hybridized carbons (Fsp3) is 1.00. The first-order valence-electron chi connectivity index (χ1n) is 14.4. The van der Waals surface area contributed by atoms with E-state index in [2.05, 4.69) is 31.5 Å². The van der Waals surface area contributed by atoms with Gasteiger partial charge < -0.3 is 24.8 Å². The fourth-order valence-electron chi connectivity index (χ4n) is 4.69. The third-order valence-corrected chi connectivity index (χ3v) is 8.47. The van der Waals surface area contributed by atoms with Crippen LogP contribution in [-0.4, -0.2) is 12.1 Å². The molecule has 33 heavy (non-hydrogen) atoms. The van der Waals surface area contributed by atoms with Gasteiger partial charge >= 0.3 is 208 Å². The SMILES string of the molecule is CCCCCCCCCC(CCCCCCCC)(CCCCCCCC)[NH][Ti+2][O]CC.[Cl-].[Cl-]. The Morgan fingerprint density at radius 3 is 1.09 bits per heavy atom. The van der Waals surface area contributed by atoms with Crippen molar-refractivity contribution in [1.82, 2.24) is 3.80 Å². The number of rotatable bonds is 26. The Hall–Kier alpha value is 1.21. The molecule has 1 N–H and O–H groups in total. The Balaban J connectivity index is -0.00000450. The van der Waals surface area contributed by atoms with Gasteiger partial charge in [0, 0.05) is 0 Å². The van der Waals surface area contributed by atoms with E-state index in [9.17, 15) is 0 Å². The minimum Gasteiger partial charge on any atom is -1.00 e. The standard InChI is InChI=1S/C26H54N.C2H5O.2ClH.Ti/c1-4-7-10-13-16-19-22-25-26(27,23-20-17-14-11-8-5-2)24-21-18-15-12-9-6-3;1-2-3;;;/h27H,4-25H2,1-3H3;2H2,1H3;2*1H;/q2*-1;;;+4/p-2.